The molecule has 1 amide bonds. The predicted molar refractivity (Wildman–Crippen MR) is 102 cm³/mol. The maximum atomic E-state index is 12.1. The van der Waals surface area contributed by atoms with E-state index in [9.17, 15) is 4.79 Å². The van der Waals surface area contributed by atoms with Crippen LogP contribution >= 0.6 is 0 Å². The number of nitrogens with one attached hydrogen (secondary N) is 1. The van der Waals surface area contributed by atoms with Crippen molar-refractivity contribution in [2.45, 2.75) is 18.9 Å². The van der Waals surface area contributed by atoms with E-state index in [2.05, 4.69) is 26.0 Å². The van der Waals surface area contributed by atoms with Crippen molar-refractivity contribution >= 4 is 22.8 Å². The fourth-order valence-corrected chi connectivity index (χ4v) is 3.54. The molecule has 3 aromatic heterocycles. The molecule has 0 unspecified atom stereocenters. The van der Waals surface area contributed by atoms with Crippen molar-refractivity contribution in [3.8, 4) is 11.3 Å². The van der Waals surface area contributed by atoms with E-state index in [1.165, 1.54) is 0 Å². The molecule has 0 atom stereocenters. The van der Waals surface area contributed by atoms with Crippen molar-refractivity contribution in [2.24, 2.45) is 7.05 Å². The van der Waals surface area contributed by atoms with Gasteiger partial charge in [0.15, 0.2) is 0 Å². The lowest BCUT2D eigenvalue weighted by atomic mass is 10.2. The number of nitrogens with zero attached hydrogens (tertiary/aromatic N) is 5. The van der Waals surface area contributed by atoms with Crippen LogP contribution in [0, 0.1) is 0 Å². The molecule has 8 nitrogen and oxygen atoms in total. The van der Waals surface area contributed by atoms with Gasteiger partial charge in [-0.05, 0) is 25.0 Å². The Balaban J connectivity index is 1.35. The van der Waals surface area contributed by atoms with Crippen LogP contribution in [0.4, 0.5) is 10.5 Å². The summed E-state index contributed by atoms with van der Waals surface area (Å²) >= 11 is 0. The van der Waals surface area contributed by atoms with Gasteiger partial charge in [0.2, 0.25) is 0 Å². The van der Waals surface area contributed by atoms with E-state index in [1.807, 2.05) is 36.6 Å². The lowest BCUT2D eigenvalue weighted by Gasteiger charge is -2.35. The number of fused-ring (bicyclic) bond motifs is 1. The Hall–Kier alpha value is -3.03. The lowest BCUT2D eigenvalue weighted by Crippen LogP contribution is -2.49. The molecule has 2 fully saturated rings. The highest BCUT2D eigenvalue weighted by molar-refractivity contribution is 5.93. The summed E-state index contributed by atoms with van der Waals surface area (Å²) in [6, 6.07) is 4.17. The third-order valence-electron chi connectivity index (χ3n) is 5.20. The Kier molecular flexibility index (Phi) is 3.77. The number of aromatic amines is 1. The van der Waals surface area contributed by atoms with E-state index in [0.29, 0.717) is 13.1 Å². The number of amides is 1. The number of aryl methyl sites for hydroxylation is 1. The van der Waals surface area contributed by atoms with Gasteiger partial charge in [-0.2, -0.15) is 5.10 Å². The van der Waals surface area contributed by atoms with E-state index >= 15 is 0 Å². The van der Waals surface area contributed by atoms with E-state index in [-0.39, 0.29) is 12.2 Å². The van der Waals surface area contributed by atoms with Gasteiger partial charge in [0, 0.05) is 62.3 Å². The van der Waals surface area contributed by atoms with Crippen LogP contribution in [-0.2, 0) is 11.8 Å². The number of hydrogen-bond acceptors (Lipinski definition) is 5. The topological polar surface area (TPSA) is 79.3 Å². The van der Waals surface area contributed by atoms with Crippen LogP contribution < -0.4 is 4.90 Å². The molecule has 0 bridgehead atoms. The number of aromatic nitrogens is 4. The van der Waals surface area contributed by atoms with Crippen LogP contribution in [0.15, 0.2) is 30.7 Å². The second-order valence-electron chi connectivity index (χ2n) is 7.24. The van der Waals surface area contributed by atoms with Gasteiger partial charge < -0.3 is 19.5 Å². The van der Waals surface area contributed by atoms with Crippen molar-refractivity contribution < 1.29 is 9.53 Å². The number of ether oxygens (including phenoxy) is 1. The monoisotopic (exact) mass is 366 g/mol. The summed E-state index contributed by atoms with van der Waals surface area (Å²) in [5.74, 6) is 0. The van der Waals surface area contributed by atoms with Gasteiger partial charge in [-0.3, -0.25) is 4.68 Å². The van der Waals surface area contributed by atoms with Crippen LogP contribution in [0.2, 0.25) is 0 Å². The maximum absolute atomic E-state index is 12.1. The standard InChI is InChI=1S/C19H22N6O2/c1-23-12-13(11-21-23)16-10-15-17(4-5-20-18(15)22-16)24-6-8-25(9-7-24)19(26)27-14-2-3-14/h4-5,10-12,14H,2-3,6-9H2,1H3,(H,20,22). The summed E-state index contributed by atoms with van der Waals surface area (Å²) in [6.07, 6.45) is 7.65. The van der Waals surface area contributed by atoms with Crippen molar-refractivity contribution in [3.05, 3.63) is 30.7 Å². The molecule has 0 spiro atoms. The summed E-state index contributed by atoms with van der Waals surface area (Å²) in [5.41, 5.74) is 4.04. The van der Waals surface area contributed by atoms with Gasteiger partial charge in [-0.25, -0.2) is 9.78 Å². The number of anilines is 1. The number of pyridine rings is 1. The zero-order valence-corrected chi connectivity index (χ0v) is 15.3. The van der Waals surface area contributed by atoms with Crippen LogP contribution in [0.3, 0.4) is 0 Å². The van der Waals surface area contributed by atoms with E-state index in [0.717, 1.165) is 53.9 Å². The number of piperazine rings is 1. The van der Waals surface area contributed by atoms with Gasteiger partial charge in [-0.1, -0.05) is 0 Å². The first-order chi connectivity index (χ1) is 13.2. The summed E-state index contributed by atoms with van der Waals surface area (Å²) in [5, 5.41) is 5.33. The average molecular weight is 366 g/mol. The zero-order chi connectivity index (χ0) is 18.4. The fourth-order valence-electron chi connectivity index (χ4n) is 3.54. The normalized spacial score (nSPS) is 17.5. The molecular formula is C19H22N6O2. The van der Waals surface area contributed by atoms with Crippen LogP contribution in [-0.4, -0.2) is 63.0 Å². The summed E-state index contributed by atoms with van der Waals surface area (Å²) in [7, 11) is 1.91. The molecule has 0 aromatic carbocycles. The number of hydrogen-bond donors (Lipinski definition) is 1. The molecule has 1 aliphatic heterocycles. The van der Waals surface area contributed by atoms with Gasteiger partial charge in [-0.15, -0.1) is 0 Å². The first kappa shape index (κ1) is 16.2. The average Bonchev–Trinajstić information content (AvgIpc) is 3.21. The zero-order valence-electron chi connectivity index (χ0n) is 15.3. The number of carbonyl (C=O) groups is 1. The fraction of sp³-hybridized carbons (Fsp3) is 0.421. The Bertz CT molecular complexity index is 981. The molecule has 3 aromatic rings. The van der Waals surface area contributed by atoms with Gasteiger partial charge >= 0.3 is 6.09 Å². The molecular weight excluding hydrogens is 344 g/mol. The maximum Gasteiger partial charge on any atom is 0.410 e. The highest BCUT2D eigenvalue weighted by Crippen LogP contribution is 2.31. The third kappa shape index (κ3) is 3.11. The first-order valence-corrected chi connectivity index (χ1v) is 9.34. The first-order valence-electron chi connectivity index (χ1n) is 9.34. The summed E-state index contributed by atoms with van der Waals surface area (Å²) in [4.78, 5) is 24.1. The Morgan fingerprint density at radius 1 is 1.26 bits per heavy atom. The molecule has 5 rings (SSSR count). The number of H-pyrrole nitrogens is 1. The summed E-state index contributed by atoms with van der Waals surface area (Å²) < 4.78 is 7.20. The minimum atomic E-state index is -0.169. The SMILES string of the molecule is Cn1cc(-c2cc3c(N4CCN(C(=O)OC5CC5)CC4)ccnc3[nH]2)cn1. The Morgan fingerprint density at radius 2 is 2.07 bits per heavy atom. The van der Waals surface area contributed by atoms with E-state index in [4.69, 9.17) is 4.74 Å². The molecule has 1 saturated heterocycles. The van der Waals surface area contributed by atoms with Gasteiger partial charge in [0.05, 0.1) is 11.9 Å². The highest BCUT2D eigenvalue weighted by Gasteiger charge is 2.30. The van der Waals surface area contributed by atoms with Crippen molar-refractivity contribution in [1.29, 1.82) is 0 Å². The lowest BCUT2D eigenvalue weighted by molar-refractivity contribution is 0.0939. The van der Waals surface area contributed by atoms with Crippen molar-refractivity contribution in [2.75, 3.05) is 31.1 Å². The highest BCUT2D eigenvalue weighted by atomic mass is 16.6. The minimum absolute atomic E-state index is 0.154. The third-order valence-corrected chi connectivity index (χ3v) is 5.20. The quantitative estimate of drug-likeness (QED) is 0.770. The van der Waals surface area contributed by atoms with Crippen molar-refractivity contribution in [3.63, 3.8) is 0 Å². The molecule has 0 radical (unpaired) electrons. The van der Waals surface area contributed by atoms with E-state index in [1.54, 1.807) is 4.68 Å². The van der Waals surface area contributed by atoms with Crippen molar-refractivity contribution in [1.82, 2.24) is 24.6 Å². The summed E-state index contributed by atoms with van der Waals surface area (Å²) in [6.45, 7) is 2.92. The molecule has 1 aliphatic carbocycles. The van der Waals surface area contributed by atoms with E-state index < -0.39 is 0 Å². The largest absolute Gasteiger partial charge is 0.446 e. The van der Waals surface area contributed by atoms with Crippen LogP contribution in [0.5, 0.6) is 0 Å². The molecule has 27 heavy (non-hydrogen) atoms. The number of carbonyl (C=O) groups excluding carboxylic acids is 1. The predicted octanol–water partition coefficient (Wildman–Crippen LogP) is 2.38. The molecule has 2 aliphatic rings. The number of rotatable bonds is 3. The smallest absolute Gasteiger partial charge is 0.410 e. The molecule has 8 heteroatoms. The minimum Gasteiger partial charge on any atom is -0.446 e. The van der Waals surface area contributed by atoms with Crippen LogP contribution in [0.1, 0.15) is 12.8 Å². The van der Waals surface area contributed by atoms with Crippen LogP contribution in [0.25, 0.3) is 22.3 Å². The molecule has 1 saturated carbocycles. The second-order valence-corrected chi connectivity index (χ2v) is 7.24. The van der Waals surface area contributed by atoms with Gasteiger partial charge in [0.25, 0.3) is 0 Å². The molecule has 140 valence electrons. The second kappa shape index (κ2) is 6.29. The Labute approximate surface area is 156 Å². The molecule has 1 N–H and O–H groups in total. The molecule has 4 heterocycles. The Morgan fingerprint density at radius 3 is 2.78 bits per heavy atom. The van der Waals surface area contributed by atoms with Gasteiger partial charge in [0.1, 0.15) is 11.8 Å².